The van der Waals surface area contributed by atoms with Crippen molar-refractivity contribution in [3.05, 3.63) is 32.7 Å². The monoisotopic (exact) mass is 248 g/mol. The van der Waals surface area contributed by atoms with Crippen LogP contribution >= 0.6 is 22.6 Å². The minimum atomic E-state index is 0.718. The van der Waals surface area contributed by atoms with Crippen molar-refractivity contribution in [3.63, 3.8) is 0 Å². The van der Waals surface area contributed by atoms with Crippen LogP contribution in [-0.2, 0) is 0 Å². The van der Waals surface area contributed by atoms with Crippen molar-refractivity contribution in [2.24, 2.45) is 5.29 Å². The maximum absolute atomic E-state index is 9.70. The standard InChI is InChI=1S/C6H5IN2O/c7-5-1-3-6(4-2-5)8-9-10/h1-4H,(H,8,10). The third-order valence-corrected chi connectivity index (χ3v) is 1.74. The molecule has 0 aliphatic carbocycles. The van der Waals surface area contributed by atoms with E-state index < -0.39 is 0 Å². The highest BCUT2D eigenvalue weighted by atomic mass is 127. The van der Waals surface area contributed by atoms with Crippen LogP contribution in [0.4, 0.5) is 5.69 Å². The van der Waals surface area contributed by atoms with Gasteiger partial charge in [0.05, 0.1) is 11.0 Å². The SMILES string of the molecule is O=NNc1ccc(I)cc1. The fourth-order valence-corrected chi connectivity index (χ4v) is 0.937. The summed E-state index contributed by atoms with van der Waals surface area (Å²) >= 11 is 2.19. The molecular formula is C6H5IN2O. The molecule has 0 bridgehead atoms. The molecule has 1 N–H and O–H groups in total. The van der Waals surface area contributed by atoms with E-state index in [9.17, 15) is 4.91 Å². The Kier molecular flexibility index (Phi) is 2.61. The summed E-state index contributed by atoms with van der Waals surface area (Å²) in [5, 5.41) is 2.53. The molecule has 0 aliphatic heterocycles. The van der Waals surface area contributed by atoms with E-state index in [2.05, 4.69) is 33.3 Å². The van der Waals surface area contributed by atoms with E-state index >= 15 is 0 Å². The van der Waals surface area contributed by atoms with Gasteiger partial charge in [-0.25, -0.2) is 5.43 Å². The molecule has 0 saturated carbocycles. The minimum Gasteiger partial charge on any atom is -0.242 e. The van der Waals surface area contributed by atoms with Crippen LogP contribution in [0.15, 0.2) is 29.6 Å². The molecule has 1 rings (SSSR count). The van der Waals surface area contributed by atoms with Crippen molar-refractivity contribution in [2.45, 2.75) is 0 Å². The molecule has 0 heterocycles. The molecule has 1 aromatic carbocycles. The summed E-state index contributed by atoms with van der Waals surface area (Å²) in [7, 11) is 0. The number of anilines is 1. The number of rotatable bonds is 2. The van der Waals surface area contributed by atoms with Gasteiger partial charge in [-0.1, -0.05) is 0 Å². The molecule has 0 aromatic heterocycles. The lowest BCUT2D eigenvalue weighted by molar-refractivity contribution is 1.32. The maximum Gasteiger partial charge on any atom is 0.0594 e. The lowest BCUT2D eigenvalue weighted by Crippen LogP contribution is -1.84. The molecule has 0 unspecified atom stereocenters. The van der Waals surface area contributed by atoms with Crippen molar-refractivity contribution >= 4 is 28.3 Å². The highest BCUT2D eigenvalue weighted by molar-refractivity contribution is 14.1. The minimum absolute atomic E-state index is 0.718. The predicted molar refractivity (Wildman–Crippen MR) is 48.6 cm³/mol. The fourth-order valence-electron chi connectivity index (χ4n) is 0.577. The Labute approximate surface area is 71.9 Å². The highest BCUT2D eigenvalue weighted by Gasteiger charge is 1.88. The number of benzene rings is 1. The highest BCUT2D eigenvalue weighted by Crippen LogP contribution is 2.10. The molecule has 0 atom stereocenters. The zero-order valence-corrected chi connectivity index (χ0v) is 7.20. The van der Waals surface area contributed by atoms with Gasteiger partial charge in [0.25, 0.3) is 0 Å². The number of hydrogen-bond acceptors (Lipinski definition) is 2. The second-order valence-corrected chi connectivity index (χ2v) is 2.96. The molecule has 0 saturated heterocycles. The van der Waals surface area contributed by atoms with Crippen molar-refractivity contribution < 1.29 is 0 Å². The largest absolute Gasteiger partial charge is 0.242 e. The van der Waals surface area contributed by atoms with Crippen LogP contribution in [0.25, 0.3) is 0 Å². The summed E-state index contributed by atoms with van der Waals surface area (Å²) in [5.74, 6) is 0. The number of nitrogens with zero attached hydrogens (tertiary/aromatic N) is 1. The zero-order valence-electron chi connectivity index (χ0n) is 5.04. The summed E-state index contributed by atoms with van der Waals surface area (Å²) in [6.07, 6.45) is 0. The van der Waals surface area contributed by atoms with Gasteiger partial charge in [0.1, 0.15) is 0 Å². The normalized spacial score (nSPS) is 8.90. The fraction of sp³-hybridized carbons (Fsp3) is 0. The topological polar surface area (TPSA) is 41.5 Å². The van der Waals surface area contributed by atoms with Crippen LogP contribution in [0.5, 0.6) is 0 Å². The smallest absolute Gasteiger partial charge is 0.0594 e. The first-order valence-corrected chi connectivity index (χ1v) is 3.75. The molecule has 0 amide bonds. The Morgan fingerprint density at radius 1 is 1.30 bits per heavy atom. The Bertz CT molecular complexity index is 222. The van der Waals surface area contributed by atoms with Gasteiger partial charge in [-0.2, -0.15) is 0 Å². The summed E-state index contributed by atoms with van der Waals surface area (Å²) in [4.78, 5) is 9.70. The van der Waals surface area contributed by atoms with Crippen LogP contribution in [0.3, 0.4) is 0 Å². The maximum atomic E-state index is 9.70. The molecule has 0 radical (unpaired) electrons. The van der Waals surface area contributed by atoms with Crippen LogP contribution in [0.1, 0.15) is 0 Å². The van der Waals surface area contributed by atoms with E-state index in [0.29, 0.717) is 0 Å². The van der Waals surface area contributed by atoms with Gasteiger partial charge < -0.3 is 0 Å². The lowest BCUT2D eigenvalue weighted by atomic mass is 10.3. The van der Waals surface area contributed by atoms with Crippen LogP contribution in [-0.4, -0.2) is 0 Å². The number of nitroso groups, excluding NO2 is 1. The van der Waals surface area contributed by atoms with Crippen molar-refractivity contribution in [3.8, 4) is 0 Å². The van der Waals surface area contributed by atoms with Gasteiger partial charge in [-0.15, -0.1) is 4.91 Å². The molecule has 0 spiro atoms. The van der Waals surface area contributed by atoms with Crippen molar-refractivity contribution in [1.82, 2.24) is 0 Å². The van der Waals surface area contributed by atoms with Gasteiger partial charge in [0.15, 0.2) is 0 Å². The Balaban J connectivity index is 2.78. The summed E-state index contributed by atoms with van der Waals surface area (Å²) in [6, 6.07) is 7.38. The molecule has 0 fully saturated rings. The van der Waals surface area contributed by atoms with Gasteiger partial charge in [0.2, 0.25) is 0 Å². The van der Waals surface area contributed by atoms with E-state index in [0.717, 1.165) is 9.26 Å². The van der Waals surface area contributed by atoms with Crippen LogP contribution < -0.4 is 5.43 Å². The average molecular weight is 248 g/mol. The molecule has 52 valence electrons. The first-order valence-electron chi connectivity index (χ1n) is 2.67. The molecule has 3 nitrogen and oxygen atoms in total. The average Bonchev–Trinajstić information content (AvgIpc) is 1.95. The molecule has 10 heavy (non-hydrogen) atoms. The second kappa shape index (κ2) is 3.50. The first-order chi connectivity index (χ1) is 4.83. The predicted octanol–water partition coefficient (Wildman–Crippen LogP) is 2.38. The number of nitrogens with one attached hydrogen (secondary N) is 1. The van der Waals surface area contributed by atoms with E-state index in [-0.39, 0.29) is 0 Å². The summed E-state index contributed by atoms with van der Waals surface area (Å²) in [5.41, 5.74) is 3.02. The second-order valence-electron chi connectivity index (χ2n) is 1.71. The molecule has 4 heteroatoms. The van der Waals surface area contributed by atoms with Gasteiger partial charge in [0, 0.05) is 3.57 Å². The van der Waals surface area contributed by atoms with E-state index in [1.165, 1.54) is 0 Å². The van der Waals surface area contributed by atoms with Crippen molar-refractivity contribution in [1.29, 1.82) is 0 Å². The van der Waals surface area contributed by atoms with Gasteiger partial charge >= 0.3 is 0 Å². The number of hydrogen-bond donors (Lipinski definition) is 1. The Hall–Kier alpha value is -0.650. The molecule has 1 aromatic rings. The van der Waals surface area contributed by atoms with E-state index in [1.807, 2.05) is 12.1 Å². The van der Waals surface area contributed by atoms with E-state index in [4.69, 9.17) is 0 Å². The first kappa shape index (κ1) is 7.46. The quantitative estimate of drug-likeness (QED) is 0.496. The molecular weight excluding hydrogens is 243 g/mol. The van der Waals surface area contributed by atoms with Crippen LogP contribution in [0.2, 0.25) is 0 Å². The summed E-state index contributed by atoms with van der Waals surface area (Å²) < 4.78 is 1.13. The zero-order chi connectivity index (χ0) is 7.40. The third-order valence-electron chi connectivity index (χ3n) is 1.02. The number of halogens is 1. The summed E-state index contributed by atoms with van der Waals surface area (Å²) in [6.45, 7) is 0. The van der Waals surface area contributed by atoms with Crippen LogP contribution in [0, 0.1) is 8.48 Å². The van der Waals surface area contributed by atoms with Gasteiger partial charge in [-0.05, 0) is 46.9 Å². The Morgan fingerprint density at radius 2 is 1.90 bits per heavy atom. The third kappa shape index (κ3) is 1.94. The van der Waals surface area contributed by atoms with Gasteiger partial charge in [-0.3, -0.25) is 0 Å². The lowest BCUT2D eigenvalue weighted by Gasteiger charge is -1.94. The Morgan fingerprint density at radius 3 is 2.40 bits per heavy atom. The van der Waals surface area contributed by atoms with Crippen molar-refractivity contribution in [2.75, 3.05) is 5.43 Å². The molecule has 0 aliphatic rings. The van der Waals surface area contributed by atoms with E-state index in [1.54, 1.807) is 12.1 Å².